The SMILES string of the molecule is CN=C(NCCCS(=O)(=O)c1ccccc1)NCC1(c2cccc(Cl)c2)CC1.I. The summed E-state index contributed by atoms with van der Waals surface area (Å²) < 4.78 is 24.6. The minimum atomic E-state index is -3.24. The molecule has 0 atom stereocenters. The molecule has 8 heteroatoms. The van der Waals surface area contributed by atoms with Crippen molar-refractivity contribution in [1.82, 2.24) is 10.6 Å². The highest BCUT2D eigenvalue weighted by Crippen LogP contribution is 2.48. The second kappa shape index (κ2) is 10.6. The molecule has 0 bridgehead atoms. The van der Waals surface area contributed by atoms with E-state index in [1.165, 1.54) is 5.56 Å². The van der Waals surface area contributed by atoms with E-state index in [2.05, 4.69) is 21.7 Å². The minimum Gasteiger partial charge on any atom is -0.356 e. The van der Waals surface area contributed by atoms with Crippen LogP contribution in [0.15, 0.2) is 64.5 Å². The van der Waals surface area contributed by atoms with Crippen LogP contribution in [0.25, 0.3) is 0 Å². The summed E-state index contributed by atoms with van der Waals surface area (Å²) in [6.45, 7) is 1.31. The molecular formula is C21H27ClIN3O2S. The molecule has 1 saturated carbocycles. The fourth-order valence-electron chi connectivity index (χ4n) is 3.22. The van der Waals surface area contributed by atoms with Gasteiger partial charge in [0, 0.05) is 30.6 Å². The van der Waals surface area contributed by atoms with Gasteiger partial charge in [-0.3, -0.25) is 4.99 Å². The number of nitrogens with zero attached hydrogens (tertiary/aromatic N) is 1. The van der Waals surface area contributed by atoms with Gasteiger partial charge in [-0.25, -0.2) is 8.42 Å². The van der Waals surface area contributed by atoms with Crippen LogP contribution < -0.4 is 10.6 Å². The van der Waals surface area contributed by atoms with Crippen molar-refractivity contribution in [3.8, 4) is 0 Å². The fraction of sp³-hybridized carbons (Fsp3) is 0.381. The van der Waals surface area contributed by atoms with Crippen molar-refractivity contribution in [2.45, 2.75) is 29.6 Å². The van der Waals surface area contributed by atoms with E-state index in [-0.39, 0.29) is 35.1 Å². The molecule has 2 N–H and O–H groups in total. The third-order valence-corrected chi connectivity index (χ3v) is 7.14. The van der Waals surface area contributed by atoms with Crippen molar-refractivity contribution in [1.29, 1.82) is 0 Å². The summed E-state index contributed by atoms with van der Waals surface area (Å²) in [5, 5.41) is 7.33. The number of sulfone groups is 1. The van der Waals surface area contributed by atoms with Crippen LogP contribution in [-0.4, -0.2) is 40.3 Å². The van der Waals surface area contributed by atoms with E-state index in [0.29, 0.717) is 23.8 Å². The number of hydrogen-bond acceptors (Lipinski definition) is 3. The van der Waals surface area contributed by atoms with Gasteiger partial charge in [0.25, 0.3) is 0 Å². The first-order valence-electron chi connectivity index (χ1n) is 9.44. The Morgan fingerprint density at radius 3 is 2.45 bits per heavy atom. The van der Waals surface area contributed by atoms with E-state index < -0.39 is 9.84 Å². The monoisotopic (exact) mass is 547 g/mol. The second-order valence-corrected chi connectivity index (χ2v) is 9.67. The molecule has 3 rings (SSSR count). The van der Waals surface area contributed by atoms with Gasteiger partial charge in [0.05, 0.1) is 10.6 Å². The maximum absolute atomic E-state index is 12.3. The molecule has 0 heterocycles. The standard InChI is InChI=1S/C21H26ClN3O2S.HI/c1-23-20(24-13-6-14-28(26,27)19-9-3-2-4-10-19)25-16-21(11-12-21)17-7-5-8-18(22)15-17;/h2-5,7-10,15H,6,11-14,16H2,1H3,(H2,23,24,25);1H. The van der Waals surface area contributed by atoms with Crippen LogP contribution in [0.4, 0.5) is 0 Å². The lowest BCUT2D eigenvalue weighted by Crippen LogP contribution is -2.41. The molecule has 1 aliphatic rings. The Balaban J connectivity index is 0.00000300. The molecule has 2 aromatic carbocycles. The summed E-state index contributed by atoms with van der Waals surface area (Å²) in [5.41, 5.74) is 1.36. The first-order valence-corrected chi connectivity index (χ1v) is 11.5. The van der Waals surface area contributed by atoms with E-state index in [1.54, 1.807) is 31.3 Å². The normalized spacial score (nSPS) is 15.3. The van der Waals surface area contributed by atoms with Gasteiger partial charge in [-0.05, 0) is 49.1 Å². The molecule has 0 radical (unpaired) electrons. The van der Waals surface area contributed by atoms with Crippen molar-refractivity contribution in [2.24, 2.45) is 4.99 Å². The molecule has 2 aromatic rings. The fourth-order valence-corrected chi connectivity index (χ4v) is 4.75. The average molecular weight is 548 g/mol. The summed E-state index contributed by atoms with van der Waals surface area (Å²) >= 11 is 6.13. The Morgan fingerprint density at radius 1 is 1.10 bits per heavy atom. The van der Waals surface area contributed by atoms with Gasteiger partial charge in [0.15, 0.2) is 15.8 Å². The van der Waals surface area contributed by atoms with Crippen LogP contribution in [0.5, 0.6) is 0 Å². The molecule has 0 saturated heterocycles. The smallest absolute Gasteiger partial charge is 0.191 e. The van der Waals surface area contributed by atoms with E-state index in [4.69, 9.17) is 11.6 Å². The van der Waals surface area contributed by atoms with Gasteiger partial charge in [-0.2, -0.15) is 0 Å². The minimum absolute atomic E-state index is 0. The van der Waals surface area contributed by atoms with Gasteiger partial charge in [-0.1, -0.05) is 41.9 Å². The predicted molar refractivity (Wildman–Crippen MR) is 130 cm³/mol. The first-order chi connectivity index (χ1) is 13.5. The van der Waals surface area contributed by atoms with Gasteiger partial charge in [0.1, 0.15) is 0 Å². The summed E-state index contributed by atoms with van der Waals surface area (Å²) in [6.07, 6.45) is 2.75. The molecule has 0 unspecified atom stereocenters. The van der Waals surface area contributed by atoms with E-state index >= 15 is 0 Å². The first kappa shape index (κ1) is 24.0. The predicted octanol–water partition coefficient (Wildman–Crippen LogP) is 4.02. The third-order valence-electron chi connectivity index (χ3n) is 5.09. The Morgan fingerprint density at radius 2 is 1.83 bits per heavy atom. The van der Waals surface area contributed by atoms with E-state index in [9.17, 15) is 8.42 Å². The van der Waals surface area contributed by atoms with Crippen LogP contribution in [0.2, 0.25) is 5.02 Å². The van der Waals surface area contributed by atoms with E-state index in [0.717, 1.165) is 24.4 Å². The van der Waals surface area contributed by atoms with Crippen molar-refractivity contribution in [2.75, 3.05) is 25.9 Å². The van der Waals surface area contributed by atoms with Gasteiger partial charge < -0.3 is 10.6 Å². The van der Waals surface area contributed by atoms with Gasteiger partial charge >= 0.3 is 0 Å². The summed E-state index contributed by atoms with van der Waals surface area (Å²) in [4.78, 5) is 4.61. The van der Waals surface area contributed by atoms with Crippen LogP contribution >= 0.6 is 35.6 Å². The zero-order valence-corrected chi connectivity index (χ0v) is 20.3. The van der Waals surface area contributed by atoms with Crippen molar-refractivity contribution in [3.05, 3.63) is 65.2 Å². The summed E-state index contributed by atoms with van der Waals surface area (Å²) in [6, 6.07) is 16.6. The quantitative estimate of drug-likeness (QED) is 0.227. The van der Waals surface area contributed by atoms with Crippen molar-refractivity contribution >= 4 is 51.4 Å². The van der Waals surface area contributed by atoms with Crippen LogP contribution in [0.1, 0.15) is 24.8 Å². The van der Waals surface area contributed by atoms with Gasteiger partial charge in [0.2, 0.25) is 0 Å². The molecule has 0 aromatic heterocycles. The second-order valence-electron chi connectivity index (χ2n) is 7.13. The number of guanidine groups is 1. The highest BCUT2D eigenvalue weighted by molar-refractivity contribution is 14.0. The topological polar surface area (TPSA) is 70.6 Å². The largest absolute Gasteiger partial charge is 0.356 e. The molecule has 5 nitrogen and oxygen atoms in total. The number of rotatable bonds is 8. The average Bonchev–Trinajstić information content (AvgIpc) is 3.49. The van der Waals surface area contributed by atoms with Crippen LogP contribution in [-0.2, 0) is 15.3 Å². The maximum Gasteiger partial charge on any atom is 0.191 e. The number of benzene rings is 2. The maximum atomic E-state index is 12.3. The highest BCUT2D eigenvalue weighted by Gasteiger charge is 2.44. The molecule has 158 valence electrons. The lowest BCUT2D eigenvalue weighted by atomic mass is 9.96. The van der Waals surface area contributed by atoms with Crippen molar-refractivity contribution in [3.63, 3.8) is 0 Å². The molecular weight excluding hydrogens is 521 g/mol. The lowest BCUT2D eigenvalue weighted by molar-refractivity contribution is 0.592. The lowest BCUT2D eigenvalue weighted by Gasteiger charge is -2.19. The molecule has 29 heavy (non-hydrogen) atoms. The Hall–Kier alpha value is -1.32. The number of nitrogens with one attached hydrogen (secondary N) is 2. The van der Waals surface area contributed by atoms with Crippen LogP contribution in [0, 0.1) is 0 Å². The number of aliphatic imine (C=N–C) groups is 1. The van der Waals surface area contributed by atoms with Gasteiger partial charge in [-0.15, -0.1) is 24.0 Å². The Labute approximate surface area is 195 Å². The summed E-state index contributed by atoms with van der Waals surface area (Å²) in [5.74, 6) is 0.790. The molecule has 0 aliphatic heterocycles. The Bertz CT molecular complexity index is 932. The number of hydrogen-bond donors (Lipinski definition) is 2. The Kier molecular flexibility index (Phi) is 8.78. The van der Waals surface area contributed by atoms with Crippen LogP contribution in [0.3, 0.4) is 0 Å². The highest BCUT2D eigenvalue weighted by atomic mass is 127. The third kappa shape index (κ3) is 6.58. The molecule has 0 spiro atoms. The molecule has 1 aliphatic carbocycles. The number of halogens is 2. The zero-order valence-electron chi connectivity index (χ0n) is 16.4. The zero-order chi connectivity index (χ0) is 20.0. The van der Waals surface area contributed by atoms with E-state index in [1.807, 2.05) is 24.3 Å². The van der Waals surface area contributed by atoms with Crippen molar-refractivity contribution < 1.29 is 8.42 Å². The summed E-state index contributed by atoms with van der Waals surface area (Å²) in [7, 11) is -1.53. The molecule has 1 fully saturated rings. The molecule has 0 amide bonds.